The molecule has 0 aromatic rings. The first-order valence-electron chi connectivity index (χ1n) is 6.16. The van der Waals surface area contributed by atoms with Crippen LogP contribution in [0.1, 0.15) is 53.4 Å². The number of hydrogen-bond donors (Lipinski definition) is 2. The molecule has 0 saturated carbocycles. The number of aliphatic hydroxyl groups excluding tert-OH is 1. The van der Waals surface area contributed by atoms with E-state index in [4.69, 9.17) is 10.4 Å². The van der Waals surface area contributed by atoms with Gasteiger partial charge in [-0.3, -0.25) is 0 Å². The molecule has 2 N–H and O–H groups in total. The summed E-state index contributed by atoms with van der Waals surface area (Å²) < 4.78 is 0. The first-order valence-corrected chi connectivity index (χ1v) is 6.16. The van der Waals surface area contributed by atoms with E-state index in [0.29, 0.717) is 0 Å². The van der Waals surface area contributed by atoms with Gasteiger partial charge < -0.3 is 10.4 Å². The van der Waals surface area contributed by atoms with Crippen LogP contribution in [0.2, 0.25) is 0 Å². The largest absolute Gasteiger partial charge is 0.396 e. The van der Waals surface area contributed by atoms with Crippen LogP contribution in [-0.2, 0) is 0 Å². The number of hydrogen-bond acceptors (Lipinski definition) is 3. The highest BCUT2D eigenvalue weighted by atomic mass is 16.3. The number of nitrogens with zero attached hydrogens (tertiary/aromatic N) is 1. The third-order valence-corrected chi connectivity index (χ3v) is 3.28. The Balaban J connectivity index is 3.85. The average molecular weight is 226 g/mol. The first kappa shape index (κ1) is 15.4. The third-order valence-electron chi connectivity index (χ3n) is 3.28. The van der Waals surface area contributed by atoms with Crippen molar-refractivity contribution in [2.45, 2.75) is 58.9 Å². The van der Waals surface area contributed by atoms with Crippen molar-refractivity contribution < 1.29 is 5.11 Å². The summed E-state index contributed by atoms with van der Waals surface area (Å²) in [7, 11) is 0. The first-order chi connectivity index (χ1) is 7.39. The molecule has 0 saturated heterocycles. The fourth-order valence-electron chi connectivity index (χ4n) is 1.61. The SMILES string of the molecule is CCC(C)(CCO)NCCCC(C)(C)C#N. The molecule has 0 aliphatic rings. The van der Waals surface area contributed by atoms with E-state index in [1.807, 2.05) is 13.8 Å². The van der Waals surface area contributed by atoms with Crippen molar-refractivity contribution in [1.82, 2.24) is 5.32 Å². The minimum Gasteiger partial charge on any atom is -0.396 e. The molecule has 0 spiro atoms. The Labute approximate surface area is 99.9 Å². The maximum absolute atomic E-state index is 8.97. The Morgan fingerprint density at radius 3 is 2.31 bits per heavy atom. The summed E-state index contributed by atoms with van der Waals surface area (Å²) in [4.78, 5) is 0. The van der Waals surface area contributed by atoms with E-state index in [1.54, 1.807) is 0 Å². The Kier molecular flexibility index (Phi) is 6.62. The van der Waals surface area contributed by atoms with E-state index in [2.05, 4.69) is 25.2 Å². The average Bonchev–Trinajstić information content (AvgIpc) is 2.25. The summed E-state index contributed by atoms with van der Waals surface area (Å²) in [6.45, 7) is 9.34. The minimum absolute atomic E-state index is 0.0333. The summed E-state index contributed by atoms with van der Waals surface area (Å²) in [5, 5.41) is 21.3. The van der Waals surface area contributed by atoms with E-state index in [-0.39, 0.29) is 17.6 Å². The molecule has 0 bridgehead atoms. The molecule has 0 aromatic carbocycles. The summed E-state index contributed by atoms with van der Waals surface area (Å²) in [5.74, 6) is 0. The molecule has 0 rings (SSSR count). The van der Waals surface area contributed by atoms with Crippen molar-refractivity contribution in [2.24, 2.45) is 5.41 Å². The van der Waals surface area contributed by atoms with Gasteiger partial charge in [-0.25, -0.2) is 0 Å². The minimum atomic E-state index is -0.221. The van der Waals surface area contributed by atoms with Crippen molar-refractivity contribution in [3.05, 3.63) is 0 Å². The van der Waals surface area contributed by atoms with Crippen LogP contribution in [0, 0.1) is 16.7 Å². The lowest BCUT2D eigenvalue weighted by Gasteiger charge is -2.29. The molecule has 0 aliphatic carbocycles. The number of nitriles is 1. The fourth-order valence-corrected chi connectivity index (χ4v) is 1.61. The van der Waals surface area contributed by atoms with E-state index < -0.39 is 0 Å². The third kappa shape index (κ3) is 6.09. The smallest absolute Gasteiger partial charge is 0.0683 e. The molecule has 0 amide bonds. The Hall–Kier alpha value is -0.590. The highest BCUT2D eigenvalue weighted by Crippen LogP contribution is 2.21. The Morgan fingerprint density at radius 2 is 1.88 bits per heavy atom. The zero-order chi connectivity index (χ0) is 12.7. The molecule has 3 heteroatoms. The number of nitrogens with one attached hydrogen (secondary N) is 1. The van der Waals surface area contributed by atoms with Crippen LogP contribution in [-0.4, -0.2) is 23.8 Å². The molecule has 3 nitrogen and oxygen atoms in total. The highest BCUT2D eigenvalue weighted by Gasteiger charge is 2.21. The lowest BCUT2D eigenvalue weighted by atomic mass is 9.89. The van der Waals surface area contributed by atoms with Gasteiger partial charge in [0.25, 0.3) is 0 Å². The summed E-state index contributed by atoms with van der Waals surface area (Å²) in [5.41, 5.74) is -0.188. The lowest BCUT2D eigenvalue weighted by molar-refractivity contribution is 0.214. The summed E-state index contributed by atoms with van der Waals surface area (Å²) in [6, 6.07) is 2.31. The Bertz CT molecular complexity index is 233. The van der Waals surface area contributed by atoms with Gasteiger partial charge in [-0.1, -0.05) is 6.92 Å². The van der Waals surface area contributed by atoms with Crippen molar-refractivity contribution in [1.29, 1.82) is 5.26 Å². The van der Waals surface area contributed by atoms with Gasteiger partial charge in [0.05, 0.1) is 11.5 Å². The van der Waals surface area contributed by atoms with Crippen molar-refractivity contribution in [3.63, 3.8) is 0 Å². The van der Waals surface area contributed by atoms with Crippen LogP contribution in [0.5, 0.6) is 0 Å². The summed E-state index contributed by atoms with van der Waals surface area (Å²) >= 11 is 0. The van der Waals surface area contributed by atoms with E-state index in [1.165, 1.54) is 0 Å². The van der Waals surface area contributed by atoms with Gasteiger partial charge in [0.1, 0.15) is 0 Å². The van der Waals surface area contributed by atoms with Gasteiger partial charge in [0.2, 0.25) is 0 Å². The molecule has 0 radical (unpaired) electrons. The second kappa shape index (κ2) is 6.88. The van der Waals surface area contributed by atoms with Crippen LogP contribution in [0.25, 0.3) is 0 Å². The van der Waals surface area contributed by atoms with Crippen molar-refractivity contribution in [2.75, 3.05) is 13.2 Å². The maximum atomic E-state index is 8.97. The maximum Gasteiger partial charge on any atom is 0.0683 e. The van der Waals surface area contributed by atoms with Crippen LogP contribution in [0.4, 0.5) is 0 Å². The molecule has 0 fully saturated rings. The predicted octanol–water partition coefficient (Wildman–Crippen LogP) is 2.46. The second-order valence-electron chi connectivity index (χ2n) is 5.41. The van der Waals surface area contributed by atoms with Gasteiger partial charge in [-0.05, 0) is 53.0 Å². The zero-order valence-electron chi connectivity index (χ0n) is 11.1. The molecular formula is C13H26N2O. The quantitative estimate of drug-likeness (QED) is 0.625. The summed E-state index contributed by atoms with van der Waals surface area (Å²) in [6.07, 6.45) is 3.71. The highest BCUT2D eigenvalue weighted by molar-refractivity contribution is 4.91. The Morgan fingerprint density at radius 1 is 1.25 bits per heavy atom. The van der Waals surface area contributed by atoms with Crippen molar-refractivity contribution in [3.8, 4) is 6.07 Å². The van der Waals surface area contributed by atoms with E-state index in [9.17, 15) is 0 Å². The number of aliphatic hydroxyl groups is 1. The topological polar surface area (TPSA) is 56.0 Å². The molecule has 1 unspecified atom stereocenters. The molecule has 1 atom stereocenters. The molecule has 94 valence electrons. The van der Waals surface area contributed by atoms with Gasteiger partial charge in [0, 0.05) is 12.1 Å². The normalized spacial score (nSPS) is 15.5. The molecule has 16 heavy (non-hydrogen) atoms. The molecule has 0 heterocycles. The zero-order valence-corrected chi connectivity index (χ0v) is 11.1. The van der Waals surface area contributed by atoms with Crippen molar-refractivity contribution >= 4 is 0 Å². The van der Waals surface area contributed by atoms with Crippen LogP contribution in [0.3, 0.4) is 0 Å². The van der Waals surface area contributed by atoms with Gasteiger partial charge >= 0.3 is 0 Å². The fraction of sp³-hybridized carbons (Fsp3) is 0.923. The van der Waals surface area contributed by atoms with Gasteiger partial charge in [0.15, 0.2) is 0 Å². The molecule has 0 aliphatic heterocycles. The monoisotopic (exact) mass is 226 g/mol. The van der Waals surface area contributed by atoms with Gasteiger partial charge in [-0.2, -0.15) is 5.26 Å². The second-order valence-corrected chi connectivity index (χ2v) is 5.41. The lowest BCUT2D eigenvalue weighted by Crippen LogP contribution is -2.43. The number of rotatable bonds is 8. The standard InChI is InChI=1S/C13H26N2O/c1-5-13(4,8-10-16)15-9-6-7-12(2,3)11-14/h15-16H,5-10H2,1-4H3. The predicted molar refractivity (Wildman–Crippen MR) is 67.0 cm³/mol. The van der Waals surface area contributed by atoms with Gasteiger partial charge in [-0.15, -0.1) is 0 Å². The van der Waals surface area contributed by atoms with Crippen LogP contribution >= 0.6 is 0 Å². The van der Waals surface area contributed by atoms with E-state index >= 15 is 0 Å². The van der Waals surface area contributed by atoms with Crippen LogP contribution < -0.4 is 5.32 Å². The van der Waals surface area contributed by atoms with E-state index in [0.717, 1.165) is 32.2 Å². The molecule has 0 aromatic heterocycles. The molecular weight excluding hydrogens is 200 g/mol. The van der Waals surface area contributed by atoms with Crippen LogP contribution in [0.15, 0.2) is 0 Å².